The third-order valence-corrected chi connectivity index (χ3v) is 6.59. The van der Waals surface area contributed by atoms with Crippen LogP contribution in [0.3, 0.4) is 0 Å². The van der Waals surface area contributed by atoms with E-state index in [0.29, 0.717) is 11.1 Å². The molecule has 0 spiro atoms. The first kappa shape index (κ1) is 22.1. The van der Waals surface area contributed by atoms with Crippen LogP contribution < -0.4 is 4.72 Å². The molecule has 0 saturated carbocycles. The Bertz CT molecular complexity index is 923. The maximum absolute atomic E-state index is 13.7. The van der Waals surface area contributed by atoms with Crippen LogP contribution in [0.25, 0.3) is 0 Å². The van der Waals surface area contributed by atoms with Gasteiger partial charge in [-0.1, -0.05) is 41.4 Å². The van der Waals surface area contributed by atoms with Crippen molar-refractivity contribution in [1.29, 1.82) is 0 Å². The van der Waals surface area contributed by atoms with Crippen molar-refractivity contribution in [2.45, 2.75) is 43.1 Å². The van der Waals surface area contributed by atoms with Gasteiger partial charge in [0.2, 0.25) is 10.0 Å². The Morgan fingerprint density at radius 3 is 2.11 bits per heavy atom. The zero-order chi connectivity index (χ0) is 20.6. The van der Waals surface area contributed by atoms with Crippen molar-refractivity contribution in [2.75, 3.05) is 0 Å². The Balaban J connectivity index is 2.48. The highest BCUT2D eigenvalue weighted by Crippen LogP contribution is 2.36. The minimum atomic E-state index is -4.85. The second kappa shape index (κ2) is 8.03. The fourth-order valence-electron chi connectivity index (χ4n) is 3.01. The molecule has 0 saturated heterocycles. The molecule has 27 heavy (non-hydrogen) atoms. The standard InChI is InChI=1S/C18H19ClF3NO2S2/c1-10-7-11(2)16(12(3)8-10)27(24,25)23-17(18(20,21)22)15(26)13-5-4-6-14(19)9-13/h4-9,15,17,23,26H,1-3H3. The molecule has 0 amide bonds. The topological polar surface area (TPSA) is 46.2 Å². The molecule has 2 aromatic rings. The Morgan fingerprint density at radius 1 is 1.07 bits per heavy atom. The van der Waals surface area contributed by atoms with Gasteiger partial charge in [-0.2, -0.15) is 30.5 Å². The summed E-state index contributed by atoms with van der Waals surface area (Å²) >= 11 is 9.88. The van der Waals surface area contributed by atoms with Crippen LogP contribution >= 0.6 is 24.2 Å². The monoisotopic (exact) mass is 437 g/mol. The Labute approximate surface area is 167 Å². The van der Waals surface area contributed by atoms with Gasteiger partial charge in [0.25, 0.3) is 0 Å². The summed E-state index contributed by atoms with van der Waals surface area (Å²) in [6.07, 6.45) is -4.85. The zero-order valence-corrected chi connectivity index (χ0v) is 17.3. The molecular weight excluding hydrogens is 419 g/mol. The number of thiol groups is 1. The van der Waals surface area contributed by atoms with Gasteiger partial charge < -0.3 is 0 Å². The molecule has 0 heterocycles. The number of benzene rings is 2. The van der Waals surface area contributed by atoms with Crippen LogP contribution in [-0.2, 0) is 10.0 Å². The molecule has 0 aromatic heterocycles. The zero-order valence-electron chi connectivity index (χ0n) is 14.8. The third-order valence-electron chi connectivity index (χ3n) is 4.01. The fourth-order valence-corrected chi connectivity index (χ4v) is 5.40. The Kier molecular flexibility index (Phi) is 6.56. The molecule has 0 aliphatic rings. The van der Waals surface area contributed by atoms with Gasteiger partial charge in [0, 0.05) is 5.02 Å². The smallest absolute Gasteiger partial charge is 0.207 e. The summed E-state index contributed by atoms with van der Waals surface area (Å²) in [5.41, 5.74) is 1.73. The molecule has 148 valence electrons. The van der Waals surface area contributed by atoms with E-state index in [0.717, 1.165) is 5.56 Å². The summed E-state index contributed by atoms with van der Waals surface area (Å²) < 4.78 is 68.3. The van der Waals surface area contributed by atoms with E-state index < -0.39 is 27.5 Å². The second-order valence-corrected chi connectivity index (χ2v) is 9.01. The average molecular weight is 438 g/mol. The van der Waals surface area contributed by atoms with Crippen molar-refractivity contribution in [3.05, 3.63) is 63.7 Å². The summed E-state index contributed by atoms with van der Waals surface area (Å²) in [6.45, 7) is 4.88. The van der Waals surface area contributed by atoms with E-state index in [1.54, 1.807) is 37.6 Å². The lowest BCUT2D eigenvalue weighted by Gasteiger charge is -2.27. The molecule has 0 aliphatic carbocycles. The van der Waals surface area contributed by atoms with Crippen molar-refractivity contribution < 1.29 is 21.6 Å². The SMILES string of the molecule is Cc1cc(C)c(S(=O)(=O)NC(C(S)c2cccc(Cl)c2)C(F)(F)F)c(C)c1. The largest absolute Gasteiger partial charge is 0.406 e. The Morgan fingerprint density at radius 2 is 1.63 bits per heavy atom. The second-order valence-electron chi connectivity index (χ2n) is 6.37. The highest BCUT2D eigenvalue weighted by atomic mass is 35.5. The summed E-state index contributed by atoms with van der Waals surface area (Å²) in [6, 6.07) is 6.53. The first-order chi connectivity index (χ1) is 12.3. The predicted molar refractivity (Wildman–Crippen MR) is 104 cm³/mol. The number of hydrogen-bond donors (Lipinski definition) is 2. The molecule has 3 nitrogen and oxygen atoms in total. The lowest BCUT2D eigenvalue weighted by atomic mass is 10.1. The number of alkyl halides is 3. The van der Waals surface area contributed by atoms with Gasteiger partial charge in [-0.05, 0) is 49.6 Å². The van der Waals surface area contributed by atoms with Gasteiger partial charge in [-0.15, -0.1) is 0 Å². The van der Waals surface area contributed by atoms with Crippen molar-refractivity contribution in [1.82, 2.24) is 4.72 Å². The third kappa shape index (κ3) is 5.19. The van der Waals surface area contributed by atoms with E-state index in [1.165, 1.54) is 24.3 Å². The van der Waals surface area contributed by atoms with Gasteiger partial charge in [0.1, 0.15) is 6.04 Å². The summed E-state index contributed by atoms with van der Waals surface area (Å²) in [4.78, 5) is -0.158. The maximum atomic E-state index is 13.7. The van der Waals surface area contributed by atoms with Crippen molar-refractivity contribution in [2.24, 2.45) is 0 Å². The van der Waals surface area contributed by atoms with E-state index in [2.05, 4.69) is 12.6 Å². The summed E-state index contributed by atoms with van der Waals surface area (Å²) in [5.74, 6) is 0. The molecule has 2 unspecified atom stereocenters. The van der Waals surface area contributed by atoms with E-state index in [4.69, 9.17) is 11.6 Å². The molecular formula is C18H19ClF3NO2S2. The maximum Gasteiger partial charge on any atom is 0.406 e. The summed E-state index contributed by atoms with van der Waals surface area (Å²) in [5, 5.41) is -1.23. The first-order valence-corrected chi connectivity index (χ1v) is 10.3. The van der Waals surface area contributed by atoms with Gasteiger partial charge in [0.15, 0.2) is 0 Å². The number of halogens is 4. The minimum absolute atomic E-state index is 0.158. The number of rotatable bonds is 5. The molecule has 0 bridgehead atoms. The van der Waals surface area contributed by atoms with E-state index in [-0.39, 0.29) is 15.5 Å². The van der Waals surface area contributed by atoms with Gasteiger partial charge in [-0.25, -0.2) is 8.42 Å². The van der Waals surface area contributed by atoms with E-state index >= 15 is 0 Å². The first-order valence-electron chi connectivity index (χ1n) is 7.93. The van der Waals surface area contributed by atoms with Crippen LogP contribution in [0.2, 0.25) is 5.02 Å². The summed E-state index contributed by atoms with van der Waals surface area (Å²) in [7, 11) is -4.44. The molecule has 9 heteroatoms. The van der Waals surface area contributed by atoms with Crippen molar-refractivity contribution in [3.8, 4) is 0 Å². The highest BCUT2D eigenvalue weighted by molar-refractivity contribution is 7.89. The number of aryl methyl sites for hydroxylation is 3. The van der Waals surface area contributed by atoms with Crippen LogP contribution in [0.1, 0.15) is 27.5 Å². The van der Waals surface area contributed by atoms with Crippen molar-refractivity contribution in [3.63, 3.8) is 0 Å². The molecule has 2 rings (SSSR count). The minimum Gasteiger partial charge on any atom is -0.207 e. The van der Waals surface area contributed by atoms with Crippen molar-refractivity contribution >= 4 is 34.3 Å². The lowest BCUT2D eigenvalue weighted by molar-refractivity contribution is -0.151. The molecule has 0 fully saturated rings. The molecule has 0 aliphatic heterocycles. The Hall–Kier alpha value is -1.22. The van der Waals surface area contributed by atoms with Gasteiger partial charge >= 0.3 is 6.18 Å². The molecule has 0 radical (unpaired) electrons. The van der Waals surface area contributed by atoms with E-state index in [9.17, 15) is 21.6 Å². The lowest BCUT2D eigenvalue weighted by Crippen LogP contribution is -2.48. The quantitative estimate of drug-likeness (QED) is 0.636. The predicted octanol–water partition coefficient (Wildman–Crippen LogP) is 5.15. The molecule has 1 N–H and O–H groups in total. The number of sulfonamides is 1. The van der Waals surface area contributed by atoms with Gasteiger partial charge in [-0.3, -0.25) is 0 Å². The van der Waals surface area contributed by atoms with Crippen LogP contribution in [0, 0.1) is 20.8 Å². The van der Waals surface area contributed by atoms with E-state index in [1.807, 2.05) is 0 Å². The number of hydrogen-bond acceptors (Lipinski definition) is 3. The molecule has 2 atom stereocenters. The normalized spacial score (nSPS) is 14.8. The average Bonchev–Trinajstić information content (AvgIpc) is 2.49. The van der Waals surface area contributed by atoms with Gasteiger partial charge in [0.05, 0.1) is 10.1 Å². The van der Waals surface area contributed by atoms with Crippen LogP contribution in [-0.4, -0.2) is 20.6 Å². The molecule has 2 aromatic carbocycles. The highest BCUT2D eigenvalue weighted by Gasteiger charge is 2.47. The van der Waals surface area contributed by atoms with Crippen LogP contribution in [0.15, 0.2) is 41.3 Å². The fraction of sp³-hybridized carbons (Fsp3) is 0.333. The van der Waals surface area contributed by atoms with Crippen LogP contribution in [0.5, 0.6) is 0 Å². The van der Waals surface area contributed by atoms with Crippen LogP contribution in [0.4, 0.5) is 13.2 Å². The number of nitrogens with one attached hydrogen (secondary N) is 1.